The number of benzene rings is 2. The predicted molar refractivity (Wildman–Crippen MR) is 68.1 cm³/mol. The van der Waals surface area contributed by atoms with Gasteiger partial charge in [0.05, 0.1) is 7.11 Å². The van der Waals surface area contributed by atoms with Gasteiger partial charge >= 0.3 is 0 Å². The van der Waals surface area contributed by atoms with Crippen molar-refractivity contribution in [1.29, 1.82) is 0 Å². The van der Waals surface area contributed by atoms with Gasteiger partial charge in [0.25, 0.3) is 0 Å². The Balaban J connectivity index is 2.12. The number of methoxy groups -OCH3 is 1. The maximum atomic E-state index is 13.0. The molecule has 0 radical (unpaired) electrons. The lowest BCUT2D eigenvalue weighted by molar-refractivity contribution is 0.284. The van der Waals surface area contributed by atoms with Crippen LogP contribution in [0.2, 0.25) is 0 Å². The van der Waals surface area contributed by atoms with Crippen molar-refractivity contribution in [2.24, 2.45) is 0 Å². The molecule has 0 amide bonds. The van der Waals surface area contributed by atoms with E-state index in [0.717, 1.165) is 12.1 Å². The van der Waals surface area contributed by atoms with Crippen molar-refractivity contribution in [2.75, 3.05) is 12.8 Å². The third-order valence-corrected chi connectivity index (χ3v) is 2.57. The number of hydrogen-bond donors (Lipinski definition) is 1. The maximum Gasteiger partial charge on any atom is 0.162 e. The molecule has 0 saturated heterocycles. The van der Waals surface area contributed by atoms with E-state index in [1.807, 2.05) is 0 Å². The first kappa shape index (κ1) is 13.1. The zero-order chi connectivity index (χ0) is 13.8. The lowest BCUT2D eigenvalue weighted by Crippen LogP contribution is -1.99. The van der Waals surface area contributed by atoms with Crippen molar-refractivity contribution in [2.45, 2.75) is 6.61 Å². The smallest absolute Gasteiger partial charge is 0.162 e. The Labute approximate surface area is 109 Å². The number of ether oxygens (including phenoxy) is 2. The largest absolute Gasteiger partial charge is 0.493 e. The summed E-state index contributed by atoms with van der Waals surface area (Å²) in [5, 5.41) is 0. The Bertz CT molecular complexity index is 588. The molecule has 0 aliphatic heterocycles. The molecule has 0 spiro atoms. The zero-order valence-electron chi connectivity index (χ0n) is 10.3. The van der Waals surface area contributed by atoms with Crippen LogP contribution in [0.1, 0.15) is 5.56 Å². The van der Waals surface area contributed by atoms with Gasteiger partial charge in [0.1, 0.15) is 6.61 Å². The standard InChI is InChI=1S/C14H13F2NO2/c1-18-14-7-10(17)3-5-13(14)19-8-9-2-4-11(15)12(16)6-9/h2-7H,8,17H2,1H3. The van der Waals surface area contributed by atoms with Gasteiger partial charge in [-0.1, -0.05) is 6.07 Å². The summed E-state index contributed by atoms with van der Waals surface area (Å²) >= 11 is 0. The van der Waals surface area contributed by atoms with Gasteiger partial charge in [-0.05, 0) is 29.8 Å². The first-order valence-electron chi connectivity index (χ1n) is 5.60. The molecule has 2 aromatic carbocycles. The van der Waals surface area contributed by atoms with Crippen LogP contribution in [0.25, 0.3) is 0 Å². The lowest BCUT2D eigenvalue weighted by atomic mass is 10.2. The van der Waals surface area contributed by atoms with Crippen molar-refractivity contribution in [3.8, 4) is 11.5 Å². The van der Waals surface area contributed by atoms with Crippen LogP contribution in [-0.2, 0) is 6.61 Å². The highest BCUT2D eigenvalue weighted by Gasteiger charge is 2.07. The van der Waals surface area contributed by atoms with Crippen LogP contribution in [0.4, 0.5) is 14.5 Å². The Morgan fingerprint density at radius 1 is 1.00 bits per heavy atom. The summed E-state index contributed by atoms with van der Waals surface area (Å²) in [5.74, 6) is -0.803. The topological polar surface area (TPSA) is 44.5 Å². The molecule has 0 heterocycles. The molecule has 0 aliphatic rings. The van der Waals surface area contributed by atoms with E-state index in [4.69, 9.17) is 15.2 Å². The molecule has 5 heteroatoms. The SMILES string of the molecule is COc1cc(N)ccc1OCc1ccc(F)c(F)c1. The quantitative estimate of drug-likeness (QED) is 0.864. The van der Waals surface area contributed by atoms with Crippen molar-refractivity contribution >= 4 is 5.69 Å². The van der Waals surface area contributed by atoms with Crippen LogP contribution in [0.5, 0.6) is 11.5 Å². The molecule has 0 unspecified atom stereocenters. The molecular weight excluding hydrogens is 252 g/mol. The molecule has 0 fully saturated rings. The summed E-state index contributed by atoms with van der Waals surface area (Å²) in [5.41, 5.74) is 6.70. The molecule has 0 saturated carbocycles. The van der Waals surface area contributed by atoms with E-state index in [-0.39, 0.29) is 6.61 Å². The van der Waals surface area contributed by atoms with E-state index in [1.54, 1.807) is 18.2 Å². The van der Waals surface area contributed by atoms with Crippen LogP contribution in [0.3, 0.4) is 0 Å². The summed E-state index contributed by atoms with van der Waals surface area (Å²) < 4.78 is 36.4. The minimum Gasteiger partial charge on any atom is -0.493 e. The van der Waals surface area contributed by atoms with Crippen LogP contribution in [-0.4, -0.2) is 7.11 Å². The molecular formula is C14H13F2NO2. The summed E-state index contributed by atoms with van der Waals surface area (Å²) in [6.07, 6.45) is 0. The number of rotatable bonds is 4. The molecule has 100 valence electrons. The van der Waals surface area contributed by atoms with Crippen LogP contribution >= 0.6 is 0 Å². The fraction of sp³-hybridized carbons (Fsp3) is 0.143. The Morgan fingerprint density at radius 3 is 2.47 bits per heavy atom. The highest BCUT2D eigenvalue weighted by Crippen LogP contribution is 2.29. The van der Waals surface area contributed by atoms with Gasteiger partial charge in [-0.25, -0.2) is 8.78 Å². The van der Waals surface area contributed by atoms with Gasteiger partial charge < -0.3 is 15.2 Å². The Morgan fingerprint density at radius 2 is 1.79 bits per heavy atom. The molecule has 2 N–H and O–H groups in total. The van der Waals surface area contributed by atoms with Crippen LogP contribution in [0.15, 0.2) is 36.4 Å². The average Bonchev–Trinajstić information content (AvgIpc) is 2.41. The van der Waals surface area contributed by atoms with E-state index in [2.05, 4.69) is 0 Å². The molecule has 2 rings (SSSR count). The van der Waals surface area contributed by atoms with Crippen molar-refractivity contribution in [3.05, 3.63) is 53.6 Å². The van der Waals surface area contributed by atoms with E-state index < -0.39 is 11.6 Å². The van der Waals surface area contributed by atoms with Crippen molar-refractivity contribution < 1.29 is 18.3 Å². The van der Waals surface area contributed by atoms with E-state index in [1.165, 1.54) is 13.2 Å². The molecule has 0 bridgehead atoms. The summed E-state index contributed by atoms with van der Waals surface area (Å²) in [6.45, 7) is 0.109. The number of anilines is 1. The van der Waals surface area contributed by atoms with E-state index >= 15 is 0 Å². The molecule has 2 aromatic rings. The fourth-order valence-electron chi connectivity index (χ4n) is 1.59. The van der Waals surface area contributed by atoms with Gasteiger partial charge in [0.15, 0.2) is 23.1 Å². The Kier molecular flexibility index (Phi) is 3.85. The van der Waals surface area contributed by atoms with Crippen molar-refractivity contribution in [3.63, 3.8) is 0 Å². The molecule has 19 heavy (non-hydrogen) atoms. The number of nitrogen functional groups attached to an aromatic ring is 1. The first-order chi connectivity index (χ1) is 9.10. The summed E-state index contributed by atoms with van der Waals surface area (Å²) in [6, 6.07) is 8.58. The second-order valence-corrected chi connectivity index (χ2v) is 3.95. The number of hydrogen-bond acceptors (Lipinski definition) is 3. The van der Waals surface area contributed by atoms with Gasteiger partial charge in [-0.2, -0.15) is 0 Å². The zero-order valence-corrected chi connectivity index (χ0v) is 10.3. The lowest BCUT2D eigenvalue weighted by Gasteiger charge is -2.11. The van der Waals surface area contributed by atoms with E-state index in [0.29, 0.717) is 22.7 Å². The van der Waals surface area contributed by atoms with Crippen LogP contribution in [0, 0.1) is 11.6 Å². The second-order valence-electron chi connectivity index (χ2n) is 3.95. The minimum atomic E-state index is -0.898. The second kappa shape index (κ2) is 5.56. The molecule has 3 nitrogen and oxygen atoms in total. The van der Waals surface area contributed by atoms with Gasteiger partial charge in [0.2, 0.25) is 0 Å². The molecule has 0 aliphatic carbocycles. The normalized spacial score (nSPS) is 10.3. The highest BCUT2D eigenvalue weighted by atomic mass is 19.2. The fourth-order valence-corrected chi connectivity index (χ4v) is 1.59. The Hall–Kier alpha value is -2.30. The van der Waals surface area contributed by atoms with Crippen molar-refractivity contribution in [1.82, 2.24) is 0 Å². The van der Waals surface area contributed by atoms with Gasteiger partial charge in [-0.3, -0.25) is 0 Å². The molecule has 0 aromatic heterocycles. The number of nitrogens with two attached hydrogens (primary N) is 1. The van der Waals surface area contributed by atoms with Crippen LogP contribution < -0.4 is 15.2 Å². The number of halogens is 2. The molecule has 0 atom stereocenters. The summed E-state index contributed by atoms with van der Waals surface area (Å²) in [4.78, 5) is 0. The minimum absolute atomic E-state index is 0.109. The highest BCUT2D eigenvalue weighted by molar-refractivity contribution is 5.51. The monoisotopic (exact) mass is 265 g/mol. The predicted octanol–water partition coefficient (Wildman–Crippen LogP) is 3.13. The first-order valence-corrected chi connectivity index (χ1v) is 5.60. The van der Waals surface area contributed by atoms with Gasteiger partial charge in [-0.15, -0.1) is 0 Å². The van der Waals surface area contributed by atoms with Gasteiger partial charge in [0, 0.05) is 11.8 Å². The average molecular weight is 265 g/mol. The third kappa shape index (κ3) is 3.13. The summed E-state index contributed by atoms with van der Waals surface area (Å²) in [7, 11) is 1.50. The van der Waals surface area contributed by atoms with E-state index in [9.17, 15) is 8.78 Å². The third-order valence-electron chi connectivity index (χ3n) is 2.57. The maximum absolute atomic E-state index is 13.0.